The van der Waals surface area contributed by atoms with Crippen molar-refractivity contribution < 1.29 is 14.3 Å². The summed E-state index contributed by atoms with van der Waals surface area (Å²) in [6, 6.07) is 24.7. The molecule has 0 unspecified atom stereocenters. The number of nitrogens with zero attached hydrogens (tertiary/aromatic N) is 2. The largest absolute Gasteiger partial charge is 0.467 e. The minimum atomic E-state index is -0.947. The van der Waals surface area contributed by atoms with Crippen molar-refractivity contribution in [2.45, 2.75) is 6.04 Å². The number of hydrogen-bond acceptors (Lipinski definition) is 5. The molecule has 6 heteroatoms. The Morgan fingerprint density at radius 3 is 2.17 bits per heavy atom. The number of hydrogen-bond donors (Lipinski definition) is 1. The predicted molar refractivity (Wildman–Crippen MR) is 114 cm³/mol. The summed E-state index contributed by atoms with van der Waals surface area (Å²) in [5.74, 6) is -0.602. The van der Waals surface area contributed by atoms with Crippen LogP contribution >= 0.6 is 0 Å². The Morgan fingerprint density at radius 2 is 1.47 bits per heavy atom. The molecule has 0 aliphatic carbocycles. The minimum Gasteiger partial charge on any atom is -0.467 e. The van der Waals surface area contributed by atoms with Crippen molar-refractivity contribution in [3.8, 4) is 11.4 Å². The fourth-order valence-corrected chi connectivity index (χ4v) is 3.21. The van der Waals surface area contributed by atoms with E-state index in [1.54, 1.807) is 30.3 Å². The summed E-state index contributed by atoms with van der Waals surface area (Å²) in [4.78, 5) is 34.7. The van der Waals surface area contributed by atoms with Crippen LogP contribution in [0.4, 0.5) is 0 Å². The average Bonchev–Trinajstić information content (AvgIpc) is 2.82. The van der Waals surface area contributed by atoms with Crippen LogP contribution in [-0.4, -0.2) is 29.0 Å². The van der Waals surface area contributed by atoms with Gasteiger partial charge in [0, 0.05) is 10.9 Å². The van der Waals surface area contributed by atoms with Crippen LogP contribution in [-0.2, 0) is 9.53 Å². The number of benzene rings is 3. The molecule has 4 rings (SSSR count). The monoisotopic (exact) mass is 397 g/mol. The molecule has 1 N–H and O–H groups in total. The first-order valence-electron chi connectivity index (χ1n) is 9.43. The van der Waals surface area contributed by atoms with E-state index in [-0.39, 0.29) is 5.69 Å². The second kappa shape index (κ2) is 8.53. The highest BCUT2D eigenvalue weighted by Gasteiger charge is 2.26. The third kappa shape index (κ3) is 3.89. The SMILES string of the molecule is COC(=O)[C@@H](NC(=O)c1nc(-c2ccccc2)nc2ccccc12)c1ccccc1. The van der Waals surface area contributed by atoms with Gasteiger partial charge in [0.05, 0.1) is 12.6 Å². The van der Waals surface area contributed by atoms with E-state index < -0.39 is 17.9 Å². The lowest BCUT2D eigenvalue weighted by Gasteiger charge is -2.17. The van der Waals surface area contributed by atoms with Crippen LogP contribution in [0.5, 0.6) is 0 Å². The third-order valence-corrected chi connectivity index (χ3v) is 4.70. The number of fused-ring (bicyclic) bond motifs is 1. The zero-order chi connectivity index (χ0) is 20.9. The second-order valence-corrected chi connectivity index (χ2v) is 6.62. The van der Waals surface area contributed by atoms with E-state index in [9.17, 15) is 9.59 Å². The van der Waals surface area contributed by atoms with E-state index in [0.717, 1.165) is 5.56 Å². The summed E-state index contributed by atoms with van der Waals surface area (Å²) >= 11 is 0. The smallest absolute Gasteiger partial charge is 0.333 e. The molecule has 0 bridgehead atoms. The number of carbonyl (C=O) groups is 2. The maximum Gasteiger partial charge on any atom is 0.333 e. The molecular formula is C24H19N3O3. The number of nitrogens with one attached hydrogen (secondary N) is 1. The van der Waals surface area contributed by atoms with Gasteiger partial charge in [-0.25, -0.2) is 14.8 Å². The van der Waals surface area contributed by atoms with E-state index in [0.29, 0.717) is 22.3 Å². The number of para-hydroxylation sites is 1. The standard InChI is InChI=1S/C24H19N3O3/c1-30-24(29)20(16-10-4-2-5-11-16)27-23(28)21-18-14-8-9-15-19(18)25-22(26-21)17-12-6-3-7-13-17/h2-15,20H,1H3,(H,27,28)/t20-/m0/s1. The molecule has 148 valence electrons. The number of carbonyl (C=O) groups excluding carboxylic acids is 2. The van der Waals surface area contributed by atoms with Gasteiger partial charge in [0.15, 0.2) is 11.9 Å². The van der Waals surface area contributed by atoms with Gasteiger partial charge in [0.25, 0.3) is 5.91 Å². The number of rotatable bonds is 5. The Hall–Kier alpha value is -4.06. The lowest BCUT2D eigenvalue weighted by molar-refractivity contribution is -0.143. The molecule has 0 aliphatic heterocycles. The van der Waals surface area contributed by atoms with Gasteiger partial charge >= 0.3 is 5.97 Å². The molecule has 3 aromatic carbocycles. The molecule has 30 heavy (non-hydrogen) atoms. The number of ether oxygens (including phenoxy) is 1. The molecule has 1 atom stereocenters. The van der Waals surface area contributed by atoms with E-state index >= 15 is 0 Å². The van der Waals surface area contributed by atoms with Gasteiger partial charge in [-0.1, -0.05) is 78.9 Å². The summed E-state index contributed by atoms with van der Waals surface area (Å²) in [5.41, 5.74) is 2.26. The van der Waals surface area contributed by atoms with Crippen LogP contribution in [0.25, 0.3) is 22.3 Å². The van der Waals surface area contributed by atoms with Crippen LogP contribution in [0.15, 0.2) is 84.9 Å². The van der Waals surface area contributed by atoms with Gasteiger partial charge in [0.1, 0.15) is 5.69 Å². The Bertz CT molecular complexity index is 1190. The highest BCUT2D eigenvalue weighted by molar-refractivity contribution is 6.06. The van der Waals surface area contributed by atoms with Crippen LogP contribution < -0.4 is 5.32 Å². The van der Waals surface area contributed by atoms with Crippen LogP contribution in [0.1, 0.15) is 22.1 Å². The summed E-state index contributed by atoms with van der Waals surface area (Å²) < 4.78 is 4.90. The molecular weight excluding hydrogens is 378 g/mol. The summed E-state index contributed by atoms with van der Waals surface area (Å²) in [6.45, 7) is 0. The molecule has 4 aromatic rings. The normalized spacial score (nSPS) is 11.6. The van der Waals surface area contributed by atoms with Crippen molar-refractivity contribution in [3.63, 3.8) is 0 Å². The molecule has 0 saturated heterocycles. The van der Waals surface area contributed by atoms with Crippen LogP contribution in [0.2, 0.25) is 0 Å². The predicted octanol–water partition coefficient (Wildman–Crippen LogP) is 3.94. The fourth-order valence-electron chi connectivity index (χ4n) is 3.21. The van der Waals surface area contributed by atoms with Crippen molar-refractivity contribution >= 4 is 22.8 Å². The van der Waals surface area contributed by atoms with Gasteiger partial charge in [-0.2, -0.15) is 0 Å². The first kappa shape index (κ1) is 19.3. The van der Waals surface area contributed by atoms with Crippen LogP contribution in [0, 0.1) is 0 Å². The summed E-state index contributed by atoms with van der Waals surface area (Å²) in [6.07, 6.45) is 0. The number of aromatic nitrogens is 2. The van der Waals surface area contributed by atoms with Crippen molar-refractivity contribution in [2.24, 2.45) is 0 Å². The van der Waals surface area contributed by atoms with E-state index in [1.165, 1.54) is 7.11 Å². The summed E-state index contributed by atoms with van der Waals surface area (Å²) in [7, 11) is 1.29. The number of amides is 1. The highest BCUT2D eigenvalue weighted by Crippen LogP contribution is 2.23. The zero-order valence-electron chi connectivity index (χ0n) is 16.3. The van der Waals surface area contributed by atoms with Gasteiger partial charge in [-0.3, -0.25) is 4.79 Å². The van der Waals surface area contributed by atoms with Crippen molar-refractivity contribution in [1.29, 1.82) is 0 Å². The molecule has 6 nitrogen and oxygen atoms in total. The Labute approximate surface area is 173 Å². The molecule has 0 spiro atoms. The average molecular weight is 397 g/mol. The third-order valence-electron chi connectivity index (χ3n) is 4.70. The van der Waals surface area contributed by atoms with E-state index in [1.807, 2.05) is 54.6 Å². The molecule has 1 aromatic heterocycles. The van der Waals surface area contributed by atoms with Gasteiger partial charge in [-0.15, -0.1) is 0 Å². The van der Waals surface area contributed by atoms with Crippen molar-refractivity contribution in [3.05, 3.63) is 96.2 Å². The molecule has 0 fully saturated rings. The van der Waals surface area contributed by atoms with Crippen molar-refractivity contribution in [2.75, 3.05) is 7.11 Å². The summed E-state index contributed by atoms with van der Waals surface area (Å²) in [5, 5.41) is 3.37. The zero-order valence-corrected chi connectivity index (χ0v) is 16.3. The number of esters is 1. The maximum atomic E-state index is 13.2. The Morgan fingerprint density at radius 1 is 0.833 bits per heavy atom. The highest BCUT2D eigenvalue weighted by atomic mass is 16.5. The lowest BCUT2D eigenvalue weighted by Crippen LogP contribution is -2.35. The Kier molecular flexibility index (Phi) is 5.48. The fraction of sp³-hybridized carbons (Fsp3) is 0.0833. The quantitative estimate of drug-likeness (QED) is 0.516. The topological polar surface area (TPSA) is 81.2 Å². The molecule has 0 radical (unpaired) electrons. The molecule has 1 amide bonds. The minimum absolute atomic E-state index is 0.198. The van der Waals surface area contributed by atoms with E-state index in [4.69, 9.17) is 4.74 Å². The van der Waals surface area contributed by atoms with Gasteiger partial charge < -0.3 is 10.1 Å². The molecule has 0 saturated carbocycles. The van der Waals surface area contributed by atoms with Crippen molar-refractivity contribution in [1.82, 2.24) is 15.3 Å². The Balaban J connectivity index is 1.77. The first-order valence-corrected chi connectivity index (χ1v) is 9.43. The van der Waals surface area contributed by atoms with E-state index in [2.05, 4.69) is 15.3 Å². The number of methoxy groups -OCH3 is 1. The lowest BCUT2D eigenvalue weighted by atomic mass is 10.1. The second-order valence-electron chi connectivity index (χ2n) is 6.62. The first-order chi connectivity index (χ1) is 14.7. The maximum absolute atomic E-state index is 13.2. The van der Waals surface area contributed by atoms with Crippen LogP contribution in [0.3, 0.4) is 0 Å². The van der Waals surface area contributed by atoms with Gasteiger partial charge in [-0.05, 0) is 11.6 Å². The molecule has 1 heterocycles. The van der Waals surface area contributed by atoms with Gasteiger partial charge in [0.2, 0.25) is 0 Å². The molecule has 0 aliphatic rings.